The number of likely N-dealkylation sites (tertiary alicyclic amines) is 1. The van der Waals surface area contributed by atoms with Gasteiger partial charge in [0.05, 0.1) is 0 Å². The Kier molecular flexibility index (Phi) is 3.54. The Hall–Kier alpha value is -1.76. The summed E-state index contributed by atoms with van der Waals surface area (Å²) in [6.07, 6.45) is 20.2. The SMILES string of the molecule is C=C(/C=C(\C1=CC=CC1)N1CCCC1)C1=CC=CC1. The minimum absolute atomic E-state index is 1.03. The molecule has 1 heteroatoms. The summed E-state index contributed by atoms with van der Waals surface area (Å²) in [4.78, 5) is 2.52. The van der Waals surface area contributed by atoms with Gasteiger partial charge in [0.15, 0.2) is 0 Å². The van der Waals surface area contributed by atoms with Crippen molar-refractivity contribution >= 4 is 0 Å². The van der Waals surface area contributed by atoms with E-state index in [0.29, 0.717) is 0 Å². The Labute approximate surface area is 116 Å². The van der Waals surface area contributed by atoms with Gasteiger partial charge in [0.2, 0.25) is 0 Å². The van der Waals surface area contributed by atoms with Crippen molar-refractivity contribution in [2.45, 2.75) is 25.7 Å². The van der Waals surface area contributed by atoms with Gasteiger partial charge in [0.1, 0.15) is 0 Å². The summed E-state index contributed by atoms with van der Waals surface area (Å²) in [5.74, 6) is 0. The molecule has 1 heterocycles. The summed E-state index contributed by atoms with van der Waals surface area (Å²) in [7, 11) is 0. The lowest BCUT2D eigenvalue weighted by Gasteiger charge is -2.23. The maximum absolute atomic E-state index is 4.26. The van der Waals surface area contributed by atoms with Crippen LogP contribution < -0.4 is 0 Å². The monoisotopic (exact) mass is 251 g/mol. The van der Waals surface area contributed by atoms with E-state index in [4.69, 9.17) is 0 Å². The van der Waals surface area contributed by atoms with E-state index < -0.39 is 0 Å². The van der Waals surface area contributed by atoms with E-state index in [9.17, 15) is 0 Å². The normalized spacial score (nSPS) is 22.1. The third-order valence-corrected chi connectivity index (χ3v) is 4.04. The molecule has 0 bridgehead atoms. The molecule has 3 aliphatic rings. The van der Waals surface area contributed by atoms with Gasteiger partial charge in [-0.25, -0.2) is 0 Å². The Morgan fingerprint density at radius 1 is 1.00 bits per heavy atom. The van der Waals surface area contributed by atoms with Crippen LogP contribution in [0.15, 0.2) is 71.5 Å². The molecule has 0 atom stereocenters. The zero-order chi connectivity index (χ0) is 13.1. The van der Waals surface area contributed by atoms with Gasteiger partial charge in [-0.15, -0.1) is 0 Å². The molecule has 0 amide bonds. The summed E-state index contributed by atoms with van der Waals surface area (Å²) in [6.45, 7) is 6.64. The van der Waals surface area contributed by atoms with E-state index in [2.05, 4.69) is 54.0 Å². The topological polar surface area (TPSA) is 3.24 Å². The zero-order valence-electron chi connectivity index (χ0n) is 11.4. The number of nitrogens with zero attached hydrogens (tertiary/aromatic N) is 1. The minimum atomic E-state index is 1.03. The predicted octanol–water partition coefficient (Wildman–Crippen LogP) is 4.29. The van der Waals surface area contributed by atoms with E-state index >= 15 is 0 Å². The molecule has 1 fully saturated rings. The standard InChI is InChI=1S/C18H21N/c1-15(16-8-2-3-9-16)14-18(17-10-4-5-11-17)19-12-6-7-13-19/h2-5,8,10,14H,1,6-7,9,11-13H2/b18-14+. The summed E-state index contributed by atoms with van der Waals surface area (Å²) in [5, 5.41) is 0. The van der Waals surface area contributed by atoms with Crippen LogP contribution >= 0.6 is 0 Å². The van der Waals surface area contributed by atoms with E-state index in [1.54, 1.807) is 0 Å². The largest absolute Gasteiger partial charge is 0.371 e. The first kappa shape index (κ1) is 12.3. The molecule has 0 unspecified atom stereocenters. The molecule has 1 nitrogen and oxygen atoms in total. The van der Waals surface area contributed by atoms with Gasteiger partial charge in [0, 0.05) is 18.8 Å². The predicted molar refractivity (Wildman–Crippen MR) is 81.7 cm³/mol. The van der Waals surface area contributed by atoms with Gasteiger partial charge in [-0.1, -0.05) is 43.0 Å². The Morgan fingerprint density at radius 2 is 1.63 bits per heavy atom. The number of hydrogen-bond donors (Lipinski definition) is 0. The third-order valence-electron chi connectivity index (χ3n) is 4.04. The van der Waals surface area contributed by atoms with E-state index in [0.717, 1.165) is 12.8 Å². The highest BCUT2D eigenvalue weighted by Gasteiger charge is 2.19. The van der Waals surface area contributed by atoms with Crippen molar-refractivity contribution in [3.05, 3.63) is 71.5 Å². The highest BCUT2D eigenvalue weighted by atomic mass is 15.1. The highest BCUT2D eigenvalue weighted by molar-refractivity contribution is 5.49. The zero-order valence-corrected chi connectivity index (χ0v) is 11.4. The summed E-state index contributed by atoms with van der Waals surface area (Å²) in [5.41, 5.74) is 5.35. The van der Waals surface area contributed by atoms with Crippen LogP contribution in [0.4, 0.5) is 0 Å². The second-order valence-corrected chi connectivity index (χ2v) is 5.40. The molecule has 0 N–H and O–H groups in total. The van der Waals surface area contributed by atoms with Crippen molar-refractivity contribution in [1.29, 1.82) is 0 Å². The summed E-state index contributed by atoms with van der Waals surface area (Å²) in [6, 6.07) is 0. The molecule has 3 rings (SSSR count). The molecule has 0 saturated carbocycles. The lowest BCUT2D eigenvalue weighted by molar-refractivity contribution is 0.433. The van der Waals surface area contributed by atoms with E-state index in [1.165, 1.54) is 48.3 Å². The van der Waals surface area contributed by atoms with E-state index in [1.807, 2.05) is 0 Å². The van der Waals surface area contributed by atoms with Crippen LogP contribution in [0, 0.1) is 0 Å². The smallest absolute Gasteiger partial charge is 0.0407 e. The van der Waals surface area contributed by atoms with Gasteiger partial charge < -0.3 is 4.90 Å². The van der Waals surface area contributed by atoms with Gasteiger partial charge in [-0.2, -0.15) is 0 Å². The number of hydrogen-bond acceptors (Lipinski definition) is 1. The van der Waals surface area contributed by atoms with Crippen LogP contribution in [0.1, 0.15) is 25.7 Å². The number of allylic oxidation sites excluding steroid dienone is 10. The summed E-state index contributed by atoms with van der Waals surface area (Å²) < 4.78 is 0. The van der Waals surface area contributed by atoms with Crippen LogP contribution in [0.2, 0.25) is 0 Å². The summed E-state index contributed by atoms with van der Waals surface area (Å²) >= 11 is 0. The quantitative estimate of drug-likeness (QED) is 0.673. The van der Waals surface area contributed by atoms with Crippen molar-refractivity contribution < 1.29 is 0 Å². The van der Waals surface area contributed by atoms with Crippen LogP contribution in [0.25, 0.3) is 0 Å². The van der Waals surface area contributed by atoms with Crippen molar-refractivity contribution in [3.63, 3.8) is 0 Å². The van der Waals surface area contributed by atoms with Crippen molar-refractivity contribution in [2.24, 2.45) is 0 Å². The van der Waals surface area contributed by atoms with Gasteiger partial charge >= 0.3 is 0 Å². The average Bonchev–Trinajstić information content (AvgIpc) is 3.17. The molecule has 19 heavy (non-hydrogen) atoms. The first-order valence-electron chi connectivity index (χ1n) is 7.22. The van der Waals surface area contributed by atoms with Gasteiger partial charge in [0.25, 0.3) is 0 Å². The Bertz CT molecular complexity index is 520. The van der Waals surface area contributed by atoms with Crippen LogP contribution in [-0.2, 0) is 0 Å². The van der Waals surface area contributed by atoms with Crippen LogP contribution in [-0.4, -0.2) is 18.0 Å². The lowest BCUT2D eigenvalue weighted by Crippen LogP contribution is -2.20. The molecule has 1 aliphatic heterocycles. The van der Waals surface area contributed by atoms with E-state index in [-0.39, 0.29) is 0 Å². The molecule has 2 aliphatic carbocycles. The molecular formula is C18H21N. The van der Waals surface area contributed by atoms with Crippen molar-refractivity contribution in [1.82, 2.24) is 4.90 Å². The maximum Gasteiger partial charge on any atom is 0.0407 e. The third kappa shape index (κ3) is 2.65. The molecule has 0 radical (unpaired) electrons. The fraction of sp³-hybridized carbons (Fsp3) is 0.333. The fourth-order valence-electron chi connectivity index (χ4n) is 2.93. The maximum atomic E-state index is 4.26. The first-order chi connectivity index (χ1) is 9.34. The second kappa shape index (κ2) is 5.48. The minimum Gasteiger partial charge on any atom is -0.371 e. The number of rotatable bonds is 4. The Morgan fingerprint density at radius 3 is 2.21 bits per heavy atom. The second-order valence-electron chi connectivity index (χ2n) is 5.40. The van der Waals surface area contributed by atoms with Gasteiger partial charge in [-0.3, -0.25) is 0 Å². The Balaban J connectivity index is 1.83. The van der Waals surface area contributed by atoms with Gasteiger partial charge in [-0.05, 0) is 48.5 Å². The average molecular weight is 251 g/mol. The molecule has 0 aromatic rings. The van der Waals surface area contributed by atoms with Crippen molar-refractivity contribution in [3.8, 4) is 0 Å². The van der Waals surface area contributed by atoms with Crippen LogP contribution in [0.5, 0.6) is 0 Å². The molecule has 98 valence electrons. The van der Waals surface area contributed by atoms with Crippen LogP contribution in [0.3, 0.4) is 0 Å². The highest BCUT2D eigenvalue weighted by Crippen LogP contribution is 2.29. The van der Waals surface area contributed by atoms with Crippen molar-refractivity contribution in [2.75, 3.05) is 13.1 Å². The molecular weight excluding hydrogens is 230 g/mol. The molecule has 1 saturated heterocycles. The molecule has 0 aromatic carbocycles. The first-order valence-corrected chi connectivity index (χ1v) is 7.22. The molecule has 0 aromatic heterocycles. The fourth-order valence-corrected chi connectivity index (χ4v) is 2.93. The lowest BCUT2D eigenvalue weighted by atomic mass is 10.0. The molecule has 0 spiro atoms.